The third kappa shape index (κ3) is 1.78. The van der Waals surface area contributed by atoms with E-state index < -0.39 is 17.8 Å². The van der Waals surface area contributed by atoms with E-state index in [1.807, 2.05) is 0 Å². The molecule has 0 bridgehead atoms. The largest absolute Gasteiger partial charge is 0.417 e. The highest BCUT2D eigenvalue weighted by atomic mass is 32.1. The Kier molecular flexibility index (Phi) is 2.44. The molecule has 1 rings (SSSR count). The fourth-order valence-corrected chi connectivity index (χ4v) is 1.78. The van der Waals surface area contributed by atoms with E-state index in [9.17, 15) is 13.2 Å². The molecule has 0 aliphatic rings. The summed E-state index contributed by atoms with van der Waals surface area (Å²) in [5.74, 6) is 0. The maximum Gasteiger partial charge on any atom is 0.417 e. The average molecular weight is 195 g/mol. The number of nitrogens with two attached hydrogens (primary N) is 1. The van der Waals surface area contributed by atoms with Crippen molar-refractivity contribution in [1.29, 1.82) is 0 Å². The summed E-state index contributed by atoms with van der Waals surface area (Å²) in [7, 11) is 0. The predicted molar refractivity (Wildman–Crippen MR) is 41.9 cm³/mol. The van der Waals surface area contributed by atoms with Crippen LogP contribution in [0.2, 0.25) is 0 Å². The lowest BCUT2D eigenvalue weighted by molar-refractivity contribution is -0.138. The van der Waals surface area contributed by atoms with Gasteiger partial charge in [0.05, 0.1) is 5.56 Å². The second kappa shape index (κ2) is 3.06. The number of hydrogen-bond donors (Lipinski definition) is 1. The number of rotatable bonds is 1. The molecule has 0 saturated heterocycles. The molecule has 1 aromatic rings. The molecular formula is C7H8F3NS. The van der Waals surface area contributed by atoms with Crippen molar-refractivity contribution in [3.8, 4) is 0 Å². The molecule has 1 aromatic heterocycles. The molecule has 1 nitrogen and oxygen atoms in total. The zero-order chi connectivity index (χ0) is 9.35. The van der Waals surface area contributed by atoms with E-state index in [2.05, 4.69) is 0 Å². The predicted octanol–water partition coefficient (Wildman–Crippen LogP) is 2.79. The Morgan fingerprint density at radius 3 is 2.42 bits per heavy atom. The van der Waals surface area contributed by atoms with Crippen LogP contribution in [0.5, 0.6) is 0 Å². The molecule has 0 aliphatic heterocycles. The van der Waals surface area contributed by atoms with Crippen molar-refractivity contribution < 1.29 is 13.2 Å². The molecule has 0 unspecified atom stereocenters. The second-order valence-electron chi connectivity index (χ2n) is 2.48. The summed E-state index contributed by atoms with van der Waals surface area (Å²) in [6, 6.07) is 0.505. The van der Waals surface area contributed by atoms with Gasteiger partial charge in [-0.05, 0) is 18.4 Å². The minimum Gasteiger partial charge on any atom is -0.323 e. The van der Waals surface area contributed by atoms with Crippen LogP contribution in [0.15, 0.2) is 11.4 Å². The molecule has 5 heteroatoms. The molecule has 2 N–H and O–H groups in total. The zero-order valence-corrected chi connectivity index (χ0v) is 7.17. The average Bonchev–Trinajstić information content (AvgIpc) is 2.30. The molecule has 0 spiro atoms. The van der Waals surface area contributed by atoms with Gasteiger partial charge in [-0.1, -0.05) is 0 Å². The minimum absolute atomic E-state index is 0.197. The summed E-state index contributed by atoms with van der Waals surface area (Å²) in [5.41, 5.74) is 4.76. The highest BCUT2D eigenvalue weighted by molar-refractivity contribution is 7.10. The van der Waals surface area contributed by atoms with Gasteiger partial charge in [0.25, 0.3) is 0 Å². The van der Waals surface area contributed by atoms with Gasteiger partial charge < -0.3 is 5.73 Å². The maximum atomic E-state index is 12.2. The summed E-state index contributed by atoms with van der Waals surface area (Å²) >= 11 is 1.04. The van der Waals surface area contributed by atoms with Gasteiger partial charge in [-0.3, -0.25) is 0 Å². The Hall–Kier alpha value is -0.550. The van der Waals surface area contributed by atoms with Crippen LogP contribution >= 0.6 is 11.3 Å². The van der Waals surface area contributed by atoms with Gasteiger partial charge in [-0.15, -0.1) is 11.3 Å². The normalized spacial score (nSPS) is 14.8. The first-order valence-electron chi connectivity index (χ1n) is 3.33. The standard InChI is InChI=1S/C7H8F3NS/c1-4(11)6-5(2-3-12-6)7(8,9)10/h2-4H,11H2,1H3/t4-/m0/s1. The van der Waals surface area contributed by atoms with Gasteiger partial charge >= 0.3 is 6.18 Å². The van der Waals surface area contributed by atoms with Crippen molar-refractivity contribution in [3.05, 3.63) is 21.9 Å². The van der Waals surface area contributed by atoms with Gasteiger partial charge in [0.15, 0.2) is 0 Å². The van der Waals surface area contributed by atoms with Crippen molar-refractivity contribution in [3.63, 3.8) is 0 Å². The van der Waals surface area contributed by atoms with Gasteiger partial charge in [0.2, 0.25) is 0 Å². The third-order valence-corrected chi connectivity index (χ3v) is 2.53. The van der Waals surface area contributed by atoms with Gasteiger partial charge in [-0.25, -0.2) is 0 Å². The first kappa shape index (κ1) is 9.54. The van der Waals surface area contributed by atoms with Crippen LogP contribution in [0.1, 0.15) is 23.4 Å². The summed E-state index contributed by atoms with van der Waals surface area (Å²) in [6.07, 6.45) is -4.27. The van der Waals surface area contributed by atoms with Crippen molar-refractivity contribution in [2.75, 3.05) is 0 Å². The molecule has 1 heterocycles. The molecule has 0 saturated carbocycles. The van der Waals surface area contributed by atoms with Crippen molar-refractivity contribution in [1.82, 2.24) is 0 Å². The lowest BCUT2D eigenvalue weighted by atomic mass is 10.2. The highest BCUT2D eigenvalue weighted by Crippen LogP contribution is 2.36. The maximum absolute atomic E-state index is 12.2. The Morgan fingerprint density at radius 1 is 1.50 bits per heavy atom. The third-order valence-electron chi connectivity index (χ3n) is 1.41. The fraction of sp³-hybridized carbons (Fsp3) is 0.429. The van der Waals surface area contributed by atoms with Gasteiger partial charge in [0.1, 0.15) is 0 Å². The first-order chi connectivity index (χ1) is 5.43. The van der Waals surface area contributed by atoms with Crippen molar-refractivity contribution in [2.45, 2.75) is 19.1 Å². The van der Waals surface area contributed by atoms with Crippen molar-refractivity contribution in [2.24, 2.45) is 5.73 Å². The van der Waals surface area contributed by atoms with E-state index in [0.29, 0.717) is 0 Å². The molecule has 0 aromatic carbocycles. The molecule has 0 amide bonds. The molecular weight excluding hydrogens is 187 g/mol. The summed E-state index contributed by atoms with van der Waals surface area (Å²) in [4.78, 5) is 0.197. The summed E-state index contributed by atoms with van der Waals surface area (Å²) in [6.45, 7) is 1.54. The van der Waals surface area contributed by atoms with E-state index >= 15 is 0 Å². The Labute approximate surface area is 72.0 Å². The van der Waals surface area contributed by atoms with Crippen molar-refractivity contribution >= 4 is 11.3 Å². The fourth-order valence-electron chi connectivity index (χ4n) is 0.908. The second-order valence-corrected chi connectivity index (χ2v) is 3.43. The molecule has 1 atom stereocenters. The number of hydrogen-bond acceptors (Lipinski definition) is 2. The molecule has 68 valence electrons. The van der Waals surface area contributed by atoms with Crippen LogP contribution in [0.3, 0.4) is 0 Å². The van der Waals surface area contributed by atoms with E-state index in [4.69, 9.17) is 5.73 Å². The topological polar surface area (TPSA) is 26.0 Å². The molecule has 0 fully saturated rings. The first-order valence-corrected chi connectivity index (χ1v) is 4.21. The monoisotopic (exact) mass is 195 g/mol. The minimum atomic E-state index is -4.27. The van der Waals surface area contributed by atoms with E-state index in [1.54, 1.807) is 6.92 Å². The Bertz CT molecular complexity index is 264. The lowest BCUT2D eigenvalue weighted by Gasteiger charge is -2.09. The zero-order valence-electron chi connectivity index (χ0n) is 6.35. The van der Waals surface area contributed by atoms with Crippen LogP contribution in [0.4, 0.5) is 13.2 Å². The van der Waals surface area contributed by atoms with Crippen LogP contribution in [-0.4, -0.2) is 0 Å². The number of halogens is 3. The Morgan fingerprint density at radius 2 is 2.08 bits per heavy atom. The van der Waals surface area contributed by atoms with Gasteiger partial charge in [-0.2, -0.15) is 13.2 Å². The van der Waals surface area contributed by atoms with Crippen LogP contribution in [0.25, 0.3) is 0 Å². The molecule has 12 heavy (non-hydrogen) atoms. The number of alkyl halides is 3. The smallest absolute Gasteiger partial charge is 0.323 e. The van der Waals surface area contributed by atoms with Crippen LogP contribution in [-0.2, 0) is 6.18 Å². The van der Waals surface area contributed by atoms with Crippen LogP contribution in [0, 0.1) is 0 Å². The quantitative estimate of drug-likeness (QED) is 0.732. The number of thiophene rings is 1. The van der Waals surface area contributed by atoms with E-state index in [-0.39, 0.29) is 4.88 Å². The summed E-state index contributed by atoms with van der Waals surface area (Å²) < 4.78 is 36.6. The SMILES string of the molecule is C[C@H](N)c1sccc1C(F)(F)F. The van der Waals surface area contributed by atoms with E-state index in [1.165, 1.54) is 5.38 Å². The molecule has 0 aliphatic carbocycles. The van der Waals surface area contributed by atoms with E-state index in [0.717, 1.165) is 17.4 Å². The Balaban J connectivity index is 3.08. The molecule has 0 radical (unpaired) electrons. The van der Waals surface area contributed by atoms with Gasteiger partial charge in [0, 0.05) is 10.9 Å². The lowest BCUT2D eigenvalue weighted by Crippen LogP contribution is -2.12. The highest BCUT2D eigenvalue weighted by Gasteiger charge is 2.34. The summed E-state index contributed by atoms with van der Waals surface area (Å²) in [5, 5.41) is 1.40. The van der Waals surface area contributed by atoms with Crippen LogP contribution < -0.4 is 5.73 Å².